The molecule has 2 aromatic carbocycles. The minimum absolute atomic E-state index is 0.00451. The summed E-state index contributed by atoms with van der Waals surface area (Å²) in [5.41, 5.74) is 1.63. The Balaban J connectivity index is 1.87. The molecule has 0 N–H and O–H groups in total. The number of hydrogen-bond donors (Lipinski definition) is 0. The molecule has 6 nitrogen and oxygen atoms in total. The van der Waals surface area contributed by atoms with Gasteiger partial charge in [0.1, 0.15) is 0 Å². The van der Waals surface area contributed by atoms with Crippen molar-refractivity contribution in [3.63, 3.8) is 0 Å². The number of hydrogen-bond acceptors (Lipinski definition) is 5. The molecule has 0 bridgehead atoms. The zero-order valence-electron chi connectivity index (χ0n) is 16.9. The van der Waals surface area contributed by atoms with Crippen molar-refractivity contribution in [2.24, 2.45) is 0 Å². The lowest BCUT2D eigenvalue weighted by atomic mass is 10.0. The first-order valence-corrected chi connectivity index (χ1v) is 9.46. The number of amides is 1. The molecule has 1 fully saturated rings. The number of methoxy groups -OCH3 is 3. The first-order valence-electron chi connectivity index (χ1n) is 9.46. The molecule has 3 rings (SSSR count). The molecule has 0 aromatic heterocycles. The summed E-state index contributed by atoms with van der Waals surface area (Å²) in [6, 6.07) is 11.2. The van der Waals surface area contributed by atoms with Crippen molar-refractivity contribution in [2.45, 2.75) is 25.8 Å². The van der Waals surface area contributed by atoms with Crippen LogP contribution in [0.4, 0.5) is 0 Å². The van der Waals surface area contributed by atoms with Crippen LogP contribution in [0.1, 0.15) is 41.7 Å². The Morgan fingerprint density at radius 2 is 1.64 bits per heavy atom. The van der Waals surface area contributed by atoms with Crippen molar-refractivity contribution in [3.8, 4) is 23.0 Å². The third-order valence-corrected chi connectivity index (χ3v) is 5.02. The maximum atomic E-state index is 13.2. The van der Waals surface area contributed by atoms with E-state index < -0.39 is 0 Å². The van der Waals surface area contributed by atoms with E-state index in [4.69, 9.17) is 18.9 Å². The van der Waals surface area contributed by atoms with E-state index in [1.54, 1.807) is 39.5 Å². The average molecular weight is 385 g/mol. The fraction of sp³-hybridized carbons (Fsp3) is 0.409. The molecule has 1 saturated heterocycles. The highest BCUT2D eigenvalue weighted by atomic mass is 16.5. The van der Waals surface area contributed by atoms with Crippen LogP contribution in [-0.4, -0.2) is 45.3 Å². The molecule has 0 saturated carbocycles. The largest absolute Gasteiger partial charge is 0.493 e. The first kappa shape index (κ1) is 19.9. The molecule has 1 heterocycles. The van der Waals surface area contributed by atoms with E-state index in [2.05, 4.69) is 0 Å². The number of benzene rings is 2. The van der Waals surface area contributed by atoms with Gasteiger partial charge in [-0.05, 0) is 55.7 Å². The van der Waals surface area contributed by atoms with Crippen LogP contribution < -0.4 is 18.9 Å². The zero-order chi connectivity index (χ0) is 20.1. The Bertz CT molecular complexity index is 836. The second kappa shape index (κ2) is 8.87. The number of ether oxygens (including phenoxy) is 4. The second-order valence-corrected chi connectivity index (χ2v) is 6.57. The van der Waals surface area contributed by atoms with Crippen molar-refractivity contribution in [1.29, 1.82) is 0 Å². The lowest BCUT2D eigenvalue weighted by molar-refractivity contribution is 0.0735. The Hall–Kier alpha value is -2.89. The van der Waals surface area contributed by atoms with Crippen LogP contribution in [0.3, 0.4) is 0 Å². The number of likely N-dealkylation sites (tertiary alicyclic amines) is 1. The van der Waals surface area contributed by atoms with Crippen LogP contribution in [0.25, 0.3) is 0 Å². The number of nitrogens with zero attached hydrogens (tertiary/aromatic N) is 1. The molecule has 0 aliphatic carbocycles. The Labute approximate surface area is 166 Å². The molecule has 28 heavy (non-hydrogen) atoms. The van der Waals surface area contributed by atoms with Crippen LogP contribution in [0.2, 0.25) is 0 Å². The molecular weight excluding hydrogens is 358 g/mol. The van der Waals surface area contributed by atoms with Crippen molar-refractivity contribution >= 4 is 5.91 Å². The fourth-order valence-corrected chi connectivity index (χ4v) is 3.66. The number of rotatable bonds is 7. The van der Waals surface area contributed by atoms with E-state index >= 15 is 0 Å². The molecule has 6 heteroatoms. The van der Waals surface area contributed by atoms with E-state index in [-0.39, 0.29) is 11.9 Å². The molecule has 1 atom stereocenters. The quantitative estimate of drug-likeness (QED) is 0.719. The maximum absolute atomic E-state index is 13.2. The number of carbonyl (C=O) groups is 1. The third kappa shape index (κ3) is 3.86. The Kier molecular flexibility index (Phi) is 6.29. The number of carbonyl (C=O) groups excluding carboxylic acids is 1. The summed E-state index contributed by atoms with van der Waals surface area (Å²) in [5.74, 6) is 2.54. The molecule has 0 radical (unpaired) electrons. The minimum Gasteiger partial charge on any atom is -0.493 e. The summed E-state index contributed by atoms with van der Waals surface area (Å²) in [4.78, 5) is 15.1. The molecular formula is C22H27NO5. The van der Waals surface area contributed by atoms with Gasteiger partial charge in [-0.3, -0.25) is 4.79 Å². The molecule has 150 valence electrons. The van der Waals surface area contributed by atoms with Crippen molar-refractivity contribution < 1.29 is 23.7 Å². The average Bonchev–Trinajstić information content (AvgIpc) is 3.23. The van der Waals surface area contributed by atoms with Gasteiger partial charge in [-0.25, -0.2) is 0 Å². The van der Waals surface area contributed by atoms with Gasteiger partial charge in [0.2, 0.25) is 0 Å². The van der Waals surface area contributed by atoms with Gasteiger partial charge >= 0.3 is 0 Å². The summed E-state index contributed by atoms with van der Waals surface area (Å²) in [6.07, 6.45) is 1.87. The first-order chi connectivity index (χ1) is 13.6. The summed E-state index contributed by atoms with van der Waals surface area (Å²) in [6.45, 7) is 3.17. The van der Waals surface area contributed by atoms with E-state index in [0.717, 1.165) is 18.4 Å². The predicted octanol–water partition coefficient (Wildman–Crippen LogP) is 4.09. The third-order valence-electron chi connectivity index (χ3n) is 5.02. The van der Waals surface area contributed by atoms with Gasteiger partial charge in [0.15, 0.2) is 23.0 Å². The standard InChI is InChI=1S/C22H27NO5/c1-5-28-19-11-9-16(14-21(19)27-4)22(24)23-12-6-7-17(23)15-8-10-18(25-2)20(13-15)26-3/h8-11,13-14,17H,5-7,12H2,1-4H3/t17-/m1/s1. The zero-order valence-corrected chi connectivity index (χ0v) is 16.9. The van der Waals surface area contributed by atoms with Crippen LogP contribution in [0, 0.1) is 0 Å². The van der Waals surface area contributed by atoms with E-state index in [1.165, 1.54) is 0 Å². The van der Waals surface area contributed by atoms with Gasteiger partial charge in [0, 0.05) is 12.1 Å². The normalized spacial score (nSPS) is 16.0. The van der Waals surface area contributed by atoms with E-state index in [0.29, 0.717) is 41.7 Å². The highest BCUT2D eigenvalue weighted by Gasteiger charge is 2.31. The Morgan fingerprint density at radius 1 is 0.964 bits per heavy atom. The summed E-state index contributed by atoms with van der Waals surface area (Å²) in [5, 5.41) is 0. The van der Waals surface area contributed by atoms with Crippen molar-refractivity contribution in [1.82, 2.24) is 4.90 Å². The summed E-state index contributed by atoms with van der Waals surface area (Å²) in [7, 11) is 4.81. The lowest BCUT2D eigenvalue weighted by Crippen LogP contribution is -2.30. The van der Waals surface area contributed by atoms with Gasteiger partial charge in [-0.1, -0.05) is 6.07 Å². The van der Waals surface area contributed by atoms with Crippen molar-refractivity contribution in [3.05, 3.63) is 47.5 Å². The molecule has 1 amide bonds. The summed E-state index contributed by atoms with van der Waals surface area (Å²) >= 11 is 0. The fourth-order valence-electron chi connectivity index (χ4n) is 3.66. The van der Waals surface area contributed by atoms with Crippen LogP contribution in [-0.2, 0) is 0 Å². The lowest BCUT2D eigenvalue weighted by Gasteiger charge is -2.26. The smallest absolute Gasteiger partial charge is 0.254 e. The predicted molar refractivity (Wildman–Crippen MR) is 107 cm³/mol. The van der Waals surface area contributed by atoms with Crippen LogP contribution in [0.15, 0.2) is 36.4 Å². The van der Waals surface area contributed by atoms with Crippen LogP contribution in [0.5, 0.6) is 23.0 Å². The monoisotopic (exact) mass is 385 g/mol. The van der Waals surface area contributed by atoms with E-state index in [9.17, 15) is 4.79 Å². The van der Waals surface area contributed by atoms with Crippen LogP contribution >= 0.6 is 0 Å². The maximum Gasteiger partial charge on any atom is 0.254 e. The molecule has 0 unspecified atom stereocenters. The van der Waals surface area contributed by atoms with Gasteiger partial charge in [0.25, 0.3) is 5.91 Å². The van der Waals surface area contributed by atoms with E-state index in [1.807, 2.05) is 30.0 Å². The highest BCUT2D eigenvalue weighted by Crippen LogP contribution is 2.38. The van der Waals surface area contributed by atoms with Gasteiger partial charge in [-0.15, -0.1) is 0 Å². The second-order valence-electron chi connectivity index (χ2n) is 6.57. The SMILES string of the molecule is CCOc1ccc(C(=O)N2CCC[C@@H]2c2ccc(OC)c(OC)c2)cc1OC. The highest BCUT2D eigenvalue weighted by molar-refractivity contribution is 5.95. The molecule has 2 aromatic rings. The molecule has 1 aliphatic rings. The van der Waals surface area contributed by atoms with Gasteiger partial charge in [0.05, 0.1) is 34.0 Å². The molecule has 0 spiro atoms. The topological polar surface area (TPSA) is 57.2 Å². The minimum atomic E-state index is -0.0152. The van der Waals surface area contributed by atoms with Gasteiger partial charge in [-0.2, -0.15) is 0 Å². The molecule has 1 aliphatic heterocycles. The van der Waals surface area contributed by atoms with Crippen molar-refractivity contribution in [2.75, 3.05) is 34.5 Å². The Morgan fingerprint density at radius 3 is 2.32 bits per heavy atom. The van der Waals surface area contributed by atoms with Gasteiger partial charge < -0.3 is 23.8 Å². The summed E-state index contributed by atoms with van der Waals surface area (Å²) < 4.78 is 21.7.